The molecule has 0 heteroatoms. The van der Waals surface area contributed by atoms with E-state index < -0.39 is 0 Å². The fourth-order valence-electron chi connectivity index (χ4n) is 2.76. The lowest BCUT2D eigenvalue weighted by molar-refractivity contribution is 0.586. The number of benzene rings is 2. The Labute approximate surface area is 117 Å². The third-order valence-electron chi connectivity index (χ3n) is 3.96. The van der Waals surface area contributed by atoms with Crippen LogP contribution in [0.3, 0.4) is 0 Å². The van der Waals surface area contributed by atoms with E-state index in [0.29, 0.717) is 0 Å². The largest absolute Gasteiger partial charge is 0.0579 e. The molecular formula is C19H26. The first kappa shape index (κ1) is 14.1. The van der Waals surface area contributed by atoms with Crippen molar-refractivity contribution in [3.8, 4) is 0 Å². The van der Waals surface area contributed by atoms with E-state index in [9.17, 15) is 0 Å². The quantitative estimate of drug-likeness (QED) is 0.562. The topological polar surface area (TPSA) is 0 Å². The van der Waals surface area contributed by atoms with Gasteiger partial charge in [0.2, 0.25) is 0 Å². The van der Waals surface area contributed by atoms with E-state index in [1.54, 1.807) is 0 Å². The molecule has 0 fully saturated rings. The molecule has 0 unspecified atom stereocenters. The summed E-state index contributed by atoms with van der Waals surface area (Å²) in [5.41, 5.74) is 4.70. The summed E-state index contributed by atoms with van der Waals surface area (Å²) in [6.07, 6.45) is 0. The first-order chi connectivity index (χ1) is 8.60. The zero-order valence-electron chi connectivity index (χ0n) is 13.4. The molecule has 0 amide bonds. The Morgan fingerprint density at radius 2 is 1.37 bits per heavy atom. The smallest absolute Gasteiger partial charge is 0.0129 e. The van der Waals surface area contributed by atoms with Crippen molar-refractivity contribution in [1.29, 1.82) is 0 Å². The van der Waals surface area contributed by atoms with Crippen molar-refractivity contribution in [2.24, 2.45) is 0 Å². The molecule has 0 aliphatic heterocycles. The predicted molar refractivity (Wildman–Crippen MR) is 86.1 cm³/mol. The number of fused-ring (bicyclic) bond motifs is 1. The van der Waals surface area contributed by atoms with Crippen LogP contribution in [0.2, 0.25) is 0 Å². The molecule has 0 nitrogen and oxygen atoms in total. The molecule has 2 aromatic carbocycles. The van der Waals surface area contributed by atoms with E-state index in [1.807, 2.05) is 0 Å². The fourth-order valence-corrected chi connectivity index (χ4v) is 2.76. The van der Waals surface area contributed by atoms with Gasteiger partial charge >= 0.3 is 0 Å². The van der Waals surface area contributed by atoms with Crippen molar-refractivity contribution < 1.29 is 0 Å². The standard InChI is InChI=1S/C19H26/c1-13-16-10-9-15(18(2,3)4)12-14(16)8-11-17(13)19(5,6)7/h8-12H,1-7H3. The summed E-state index contributed by atoms with van der Waals surface area (Å²) in [5.74, 6) is 0. The molecule has 0 saturated heterocycles. The summed E-state index contributed by atoms with van der Waals surface area (Å²) in [6.45, 7) is 15.9. The van der Waals surface area contributed by atoms with Gasteiger partial charge in [-0.05, 0) is 45.2 Å². The molecule has 0 spiro atoms. The van der Waals surface area contributed by atoms with Gasteiger partial charge in [-0.15, -0.1) is 0 Å². The van der Waals surface area contributed by atoms with E-state index in [2.05, 4.69) is 78.8 Å². The lowest BCUT2D eigenvalue weighted by atomic mass is 9.81. The minimum Gasteiger partial charge on any atom is -0.0579 e. The molecule has 0 atom stereocenters. The molecule has 0 aliphatic rings. The van der Waals surface area contributed by atoms with Crippen LogP contribution in [-0.4, -0.2) is 0 Å². The maximum atomic E-state index is 2.34. The summed E-state index contributed by atoms with van der Waals surface area (Å²) < 4.78 is 0. The summed E-state index contributed by atoms with van der Waals surface area (Å²) in [4.78, 5) is 0. The molecule has 0 saturated carbocycles. The van der Waals surface area contributed by atoms with Crippen molar-refractivity contribution >= 4 is 10.8 Å². The molecule has 2 rings (SSSR count). The maximum absolute atomic E-state index is 2.34. The van der Waals surface area contributed by atoms with Crippen LogP contribution in [0.4, 0.5) is 0 Å². The Kier molecular flexibility index (Phi) is 3.24. The average Bonchev–Trinajstić information content (AvgIpc) is 2.26. The Morgan fingerprint density at radius 1 is 0.737 bits per heavy atom. The van der Waals surface area contributed by atoms with Crippen molar-refractivity contribution in [2.45, 2.75) is 59.3 Å². The molecule has 0 N–H and O–H groups in total. The molecule has 2 aromatic rings. The van der Waals surface area contributed by atoms with E-state index in [0.717, 1.165) is 0 Å². The highest BCUT2D eigenvalue weighted by Crippen LogP contribution is 2.33. The Balaban J connectivity index is 2.67. The molecule has 0 aromatic heterocycles. The Bertz CT molecular complexity index is 604. The zero-order chi connectivity index (χ0) is 14.4. The number of rotatable bonds is 0. The number of aryl methyl sites for hydroxylation is 1. The summed E-state index contributed by atoms with van der Waals surface area (Å²) >= 11 is 0. The second kappa shape index (κ2) is 4.37. The van der Waals surface area contributed by atoms with Gasteiger partial charge < -0.3 is 0 Å². The fraction of sp³-hybridized carbons (Fsp3) is 0.474. The minimum absolute atomic E-state index is 0.209. The van der Waals surface area contributed by atoms with Gasteiger partial charge in [-0.3, -0.25) is 0 Å². The first-order valence-corrected chi connectivity index (χ1v) is 7.15. The molecule has 0 bridgehead atoms. The van der Waals surface area contributed by atoms with E-state index in [4.69, 9.17) is 0 Å². The third kappa shape index (κ3) is 2.68. The molecular weight excluding hydrogens is 228 g/mol. The van der Waals surface area contributed by atoms with Gasteiger partial charge in [0, 0.05) is 0 Å². The van der Waals surface area contributed by atoms with Crippen LogP contribution in [0.15, 0.2) is 30.3 Å². The summed E-state index contributed by atoms with van der Waals surface area (Å²) in [5, 5.41) is 2.75. The zero-order valence-corrected chi connectivity index (χ0v) is 13.4. The lowest BCUT2D eigenvalue weighted by Crippen LogP contribution is -2.13. The van der Waals surface area contributed by atoms with E-state index in [-0.39, 0.29) is 10.8 Å². The SMILES string of the molecule is Cc1c(C(C)(C)C)ccc2cc(C(C)(C)C)ccc12. The predicted octanol–water partition coefficient (Wildman–Crippen LogP) is 5.74. The van der Waals surface area contributed by atoms with E-state index in [1.165, 1.54) is 27.5 Å². The van der Waals surface area contributed by atoms with Crippen molar-refractivity contribution in [3.63, 3.8) is 0 Å². The summed E-state index contributed by atoms with van der Waals surface area (Å²) in [7, 11) is 0. The van der Waals surface area contributed by atoms with Crippen LogP contribution in [0, 0.1) is 6.92 Å². The highest BCUT2D eigenvalue weighted by molar-refractivity contribution is 5.87. The number of hydrogen-bond donors (Lipinski definition) is 0. The van der Waals surface area contributed by atoms with Crippen LogP contribution in [0.25, 0.3) is 10.8 Å². The highest BCUT2D eigenvalue weighted by Gasteiger charge is 2.19. The first-order valence-electron chi connectivity index (χ1n) is 7.15. The lowest BCUT2D eigenvalue weighted by Gasteiger charge is -2.24. The normalized spacial score (nSPS) is 13.0. The van der Waals surface area contributed by atoms with Gasteiger partial charge in [0.25, 0.3) is 0 Å². The van der Waals surface area contributed by atoms with Crippen LogP contribution >= 0.6 is 0 Å². The van der Waals surface area contributed by atoms with Crippen LogP contribution in [0.5, 0.6) is 0 Å². The highest BCUT2D eigenvalue weighted by atomic mass is 14.2. The number of hydrogen-bond acceptors (Lipinski definition) is 0. The monoisotopic (exact) mass is 254 g/mol. The van der Waals surface area contributed by atoms with Crippen LogP contribution in [-0.2, 0) is 10.8 Å². The van der Waals surface area contributed by atoms with Crippen LogP contribution < -0.4 is 0 Å². The summed E-state index contributed by atoms with van der Waals surface area (Å²) in [6, 6.07) is 11.5. The van der Waals surface area contributed by atoms with E-state index >= 15 is 0 Å². The van der Waals surface area contributed by atoms with Crippen molar-refractivity contribution in [3.05, 3.63) is 47.0 Å². The third-order valence-corrected chi connectivity index (χ3v) is 3.96. The average molecular weight is 254 g/mol. The maximum Gasteiger partial charge on any atom is -0.0129 e. The van der Waals surface area contributed by atoms with Gasteiger partial charge in [-0.2, -0.15) is 0 Å². The Morgan fingerprint density at radius 3 is 1.89 bits per heavy atom. The van der Waals surface area contributed by atoms with Gasteiger partial charge in [-0.25, -0.2) is 0 Å². The van der Waals surface area contributed by atoms with Gasteiger partial charge in [0.1, 0.15) is 0 Å². The van der Waals surface area contributed by atoms with Crippen molar-refractivity contribution in [1.82, 2.24) is 0 Å². The minimum atomic E-state index is 0.209. The molecule has 102 valence electrons. The van der Waals surface area contributed by atoms with Crippen molar-refractivity contribution in [2.75, 3.05) is 0 Å². The van der Waals surface area contributed by atoms with Crippen LogP contribution in [0.1, 0.15) is 58.2 Å². The molecule has 0 radical (unpaired) electrons. The van der Waals surface area contributed by atoms with Gasteiger partial charge in [-0.1, -0.05) is 71.9 Å². The second-order valence-electron chi connectivity index (χ2n) is 7.67. The molecule has 0 aliphatic carbocycles. The van der Waals surface area contributed by atoms with Gasteiger partial charge in [0.05, 0.1) is 0 Å². The Hall–Kier alpha value is -1.30. The van der Waals surface area contributed by atoms with Gasteiger partial charge in [0.15, 0.2) is 0 Å². The molecule has 0 heterocycles. The second-order valence-corrected chi connectivity index (χ2v) is 7.67. The molecule has 19 heavy (non-hydrogen) atoms.